The summed E-state index contributed by atoms with van der Waals surface area (Å²) in [6.45, 7) is 12.8. The number of hydrogen-bond acceptors (Lipinski definition) is 6. The first kappa shape index (κ1) is 28.8. The van der Waals surface area contributed by atoms with Crippen molar-refractivity contribution < 1.29 is 9.47 Å². The Labute approximate surface area is 227 Å². The Morgan fingerprint density at radius 2 is 2.05 bits per heavy atom. The maximum Gasteiger partial charge on any atom is 0.0996 e. The first-order valence-corrected chi connectivity index (χ1v) is 13.1. The van der Waals surface area contributed by atoms with Crippen molar-refractivity contribution in [3.63, 3.8) is 0 Å². The summed E-state index contributed by atoms with van der Waals surface area (Å²) in [5.41, 5.74) is 9.37. The highest BCUT2D eigenvalue weighted by molar-refractivity contribution is 5.93. The minimum absolute atomic E-state index is 0.0745. The van der Waals surface area contributed by atoms with Crippen molar-refractivity contribution in [1.82, 2.24) is 10.4 Å². The Bertz CT molecular complexity index is 1200. The maximum atomic E-state index is 5.89. The van der Waals surface area contributed by atoms with Crippen LogP contribution in [0.15, 0.2) is 118 Å². The Balaban J connectivity index is 1.51. The number of ether oxygens (including phenoxy) is 2. The van der Waals surface area contributed by atoms with E-state index in [1.54, 1.807) is 13.3 Å². The molecule has 3 rings (SSSR count). The van der Waals surface area contributed by atoms with Gasteiger partial charge in [-0.3, -0.25) is 15.4 Å². The molecule has 0 aromatic carbocycles. The number of hydrogen-bond donors (Lipinski definition) is 1. The van der Waals surface area contributed by atoms with Gasteiger partial charge in [0, 0.05) is 23.7 Å². The van der Waals surface area contributed by atoms with Gasteiger partial charge in [0.2, 0.25) is 0 Å². The van der Waals surface area contributed by atoms with Crippen molar-refractivity contribution in [1.29, 1.82) is 0 Å². The molecule has 0 bridgehead atoms. The smallest absolute Gasteiger partial charge is 0.0996 e. The van der Waals surface area contributed by atoms with Crippen LogP contribution in [0.2, 0.25) is 0 Å². The first-order chi connectivity index (χ1) is 18.4. The van der Waals surface area contributed by atoms with E-state index in [9.17, 15) is 0 Å². The van der Waals surface area contributed by atoms with Crippen LogP contribution in [0.4, 0.5) is 0 Å². The molecule has 0 saturated heterocycles. The molecule has 200 valence electrons. The highest BCUT2D eigenvalue weighted by Crippen LogP contribution is 2.30. The third kappa shape index (κ3) is 9.27. The number of dihydropyridines is 1. The van der Waals surface area contributed by atoms with E-state index in [4.69, 9.17) is 9.47 Å². The number of hydrazone groups is 1. The molecule has 2 heterocycles. The van der Waals surface area contributed by atoms with Gasteiger partial charge in [-0.05, 0) is 75.5 Å². The molecule has 0 spiro atoms. The van der Waals surface area contributed by atoms with Crippen LogP contribution in [0.1, 0.15) is 46.2 Å². The number of pyridine rings is 1. The number of rotatable bonds is 13. The Morgan fingerprint density at radius 1 is 1.21 bits per heavy atom. The topological polar surface area (TPSA) is 68.1 Å². The monoisotopic (exact) mass is 512 g/mol. The molecule has 1 aliphatic carbocycles. The highest BCUT2D eigenvalue weighted by Gasteiger charge is 2.21. The van der Waals surface area contributed by atoms with E-state index in [0.29, 0.717) is 12.5 Å². The lowest BCUT2D eigenvalue weighted by Gasteiger charge is -2.25. The molecule has 1 N–H and O–H groups in total. The third-order valence-electron chi connectivity index (χ3n) is 6.50. The van der Waals surface area contributed by atoms with Crippen LogP contribution in [-0.2, 0) is 16.1 Å². The highest BCUT2D eigenvalue weighted by atomic mass is 16.5. The summed E-state index contributed by atoms with van der Waals surface area (Å²) in [6.07, 6.45) is 21.9. The average Bonchev–Trinajstić information content (AvgIpc) is 2.94. The van der Waals surface area contributed by atoms with Gasteiger partial charge in [0.05, 0.1) is 43.0 Å². The molecule has 1 aromatic heterocycles. The lowest BCUT2D eigenvalue weighted by molar-refractivity contribution is 0.0817. The summed E-state index contributed by atoms with van der Waals surface area (Å²) >= 11 is 0. The fraction of sp³-hybridized carbons (Fsp3) is 0.344. The summed E-state index contributed by atoms with van der Waals surface area (Å²) in [5.74, 6) is 1.18. The van der Waals surface area contributed by atoms with Crippen molar-refractivity contribution in [3.05, 3.63) is 113 Å². The molecular formula is C32H40N4O2. The second kappa shape index (κ2) is 14.8. The molecule has 1 aliphatic heterocycles. The SMILES string of the molecule is C=C(CC(C)C1=CC=C2C=CC=NC2C1)N/N=C(C)/C=C/C(/C=C\C(C)OCc1ccccn1)=C(/C)OC. The molecule has 6 heteroatoms. The van der Waals surface area contributed by atoms with E-state index in [2.05, 4.69) is 52.2 Å². The van der Waals surface area contributed by atoms with Gasteiger partial charge < -0.3 is 9.47 Å². The predicted octanol–water partition coefficient (Wildman–Crippen LogP) is 6.79. The second-order valence-electron chi connectivity index (χ2n) is 9.60. The van der Waals surface area contributed by atoms with E-state index < -0.39 is 0 Å². The first-order valence-electron chi connectivity index (χ1n) is 13.1. The molecule has 0 fully saturated rings. The van der Waals surface area contributed by atoms with E-state index in [1.807, 2.05) is 75.6 Å². The van der Waals surface area contributed by atoms with Gasteiger partial charge in [-0.25, -0.2) is 0 Å². The van der Waals surface area contributed by atoms with E-state index in [-0.39, 0.29) is 12.1 Å². The van der Waals surface area contributed by atoms with Gasteiger partial charge in [-0.15, -0.1) is 0 Å². The van der Waals surface area contributed by atoms with Gasteiger partial charge in [0.1, 0.15) is 0 Å². The summed E-state index contributed by atoms with van der Waals surface area (Å²) in [4.78, 5) is 8.90. The summed E-state index contributed by atoms with van der Waals surface area (Å²) in [7, 11) is 1.67. The molecule has 6 nitrogen and oxygen atoms in total. The second-order valence-corrected chi connectivity index (χ2v) is 9.60. The van der Waals surface area contributed by atoms with Gasteiger partial charge in [0.15, 0.2) is 0 Å². The normalized spacial score (nSPS) is 19.5. The van der Waals surface area contributed by atoms with Crippen molar-refractivity contribution >= 4 is 11.9 Å². The molecule has 0 amide bonds. The predicted molar refractivity (Wildman–Crippen MR) is 158 cm³/mol. The zero-order chi connectivity index (χ0) is 27.3. The quantitative estimate of drug-likeness (QED) is 0.137. The molecule has 1 aromatic rings. The number of aromatic nitrogens is 1. The van der Waals surface area contributed by atoms with E-state index in [1.165, 1.54) is 11.1 Å². The maximum absolute atomic E-state index is 5.89. The summed E-state index contributed by atoms with van der Waals surface area (Å²) in [5, 5.41) is 4.50. The molecule has 2 aliphatic rings. The molecule has 38 heavy (non-hydrogen) atoms. The van der Waals surface area contributed by atoms with Gasteiger partial charge in [0.25, 0.3) is 0 Å². The molecule has 0 saturated carbocycles. The van der Waals surface area contributed by atoms with Crippen molar-refractivity contribution in [3.8, 4) is 0 Å². The summed E-state index contributed by atoms with van der Waals surface area (Å²) in [6, 6.07) is 6.05. The van der Waals surface area contributed by atoms with Crippen LogP contribution in [0, 0.1) is 5.92 Å². The number of nitrogens with one attached hydrogen (secondary N) is 1. The van der Waals surface area contributed by atoms with Crippen LogP contribution < -0.4 is 5.43 Å². The molecular weight excluding hydrogens is 472 g/mol. The zero-order valence-electron chi connectivity index (χ0n) is 23.2. The minimum atomic E-state index is -0.0745. The number of methoxy groups -OCH3 is 1. The van der Waals surface area contributed by atoms with Crippen LogP contribution in [-0.4, -0.2) is 36.2 Å². The van der Waals surface area contributed by atoms with Gasteiger partial charge in [-0.1, -0.05) is 55.5 Å². The Kier molecular flexibility index (Phi) is 11.2. The molecule has 0 radical (unpaired) electrons. The van der Waals surface area contributed by atoms with Gasteiger partial charge >= 0.3 is 0 Å². The number of nitrogens with zero attached hydrogens (tertiary/aromatic N) is 3. The molecule has 3 atom stereocenters. The van der Waals surface area contributed by atoms with Crippen molar-refractivity contribution in [2.45, 2.75) is 59.3 Å². The number of allylic oxidation sites excluding steroid dienone is 9. The summed E-state index contributed by atoms with van der Waals surface area (Å²) < 4.78 is 11.4. The fourth-order valence-corrected chi connectivity index (χ4v) is 4.07. The Morgan fingerprint density at radius 3 is 2.82 bits per heavy atom. The lowest BCUT2D eigenvalue weighted by Crippen LogP contribution is -2.18. The third-order valence-corrected chi connectivity index (χ3v) is 6.50. The standard InChI is InChI=1S/C32H40N4O2/c1-23(30-17-16-29-10-9-19-34-32(29)21-30)20-25(3)36-35-24(2)12-14-28(27(5)37-6)15-13-26(4)38-22-31-11-7-8-18-33-31/h7-19,23,26,32,36H,3,20-22H2,1-2,4-6H3/b14-12+,15-13-,28-27+,35-24+. The van der Waals surface area contributed by atoms with E-state index in [0.717, 1.165) is 41.3 Å². The Hall–Kier alpha value is -3.77. The number of aliphatic imine (C=N–C) groups is 1. The van der Waals surface area contributed by atoms with Crippen molar-refractivity contribution in [2.24, 2.45) is 16.0 Å². The van der Waals surface area contributed by atoms with Crippen LogP contribution in [0.25, 0.3) is 0 Å². The van der Waals surface area contributed by atoms with Crippen LogP contribution in [0.3, 0.4) is 0 Å². The minimum Gasteiger partial charge on any atom is -0.501 e. The van der Waals surface area contributed by atoms with Crippen LogP contribution in [0.5, 0.6) is 0 Å². The number of fused-ring (bicyclic) bond motifs is 1. The van der Waals surface area contributed by atoms with Crippen LogP contribution >= 0.6 is 0 Å². The zero-order valence-corrected chi connectivity index (χ0v) is 23.2. The average molecular weight is 513 g/mol. The fourth-order valence-electron chi connectivity index (χ4n) is 4.07. The largest absolute Gasteiger partial charge is 0.501 e. The van der Waals surface area contributed by atoms with Gasteiger partial charge in [-0.2, -0.15) is 5.10 Å². The van der Waals surface area contributed by atoms with E-state index >= 15 is 0 Å². The molecule has 3 unspecified atom stereocenters. The lowest BCUT2D eigenvalue weighted by atomic mass is 9.84. The van der Waals surface area contributed by atoms with Crippen molar-refractivity contribution in [2.75, 3.05) is 7.11 Å².